The Morgan fingerprint density at radius 3 is 2.57 bits per heavy atom. The van der Waals surface area contributed by atoms with E-state index in [9.17, 15) is 29.8 Å². The van der Waals surface area contributed by atoms with E-state index in [0.717, 1.165) is 0 Å². The third-order valence-corrected chi connectivity index (χ3v) is 4.52. The quantitative estimate of drug-likeness (QED) is 0.0463. The lowest BCUT2D eigenvalue weighted by atomic mass is 9.75. The Labute approximate surface area is 175 Å². The van der Waals surface area contributed by atoms with Crippen LogP contribution in [-0.4, -0.2) is 71.7 Å². The minimum atomic E-state index is -1.74. The van der Waals surface area contributed by atoms with Gasteiger partial charge in [0.15, 0.2) is 5.03 Å². The topological polar surface area (TPSA) is 199 Å². The molecule has 2 amide bonds. The van der Waals surface area contributed by atoms with Crippen LogP contribution in [0.3, 0.4) is 0 Å². The van der Waals surface area contributed by atoms with Gasteiger partial charge in [-0.2, -0.15) is 0 Å². The molecule has 0 aromatic carbocycles. The maximum atomic E-state index is 12.7. The highest BCUT2D eigenvalue weighted by Crippen LogP contribution is 2.13. The molecule has 0 saturated carbocycles. The fraction of sp³-hybridized carbons (Fsp3) is 0.812. The molecule has 0 aromatic rings. The number of carbonyl (C=O) groups is 2. The van der Waals surface area contributed by atoms with Gasteiger partial charge in [0, 0.05) is 13.2 Å². The highest BCUT2D eigenvalue weighted by Gasteiger charge is 2.31. The second kappa shape index (κ2) is 13.0. The van der Waals surface area contributed by atoms with Gasteiger partial charge in [-0.05, 0) is 31.6 Å². The lowest BCUT2D eigenvalue weighted by molar-refractivity contribution is -0.525. The SMILES string of the molecule is CC(C)C[C@H](NC(=O)[C@H](CCCNC(=N)N[N+](=O)[O-])NC(=O)C1CCOC1)B(O)O. The molecule has 7 N–H and O–H groups in total. The number of nitrogens with zero attached hydrogens (tertiary/aromatic N) is 1. The first-order valence-electron chi connectivity index (χ1n) is 9.88. The number of hydrogen-bond donors (Lipinski definition) is 7. The average Bonchev–Trinajstić information content (AvgIpc) is 3.17. The molecule has 3 atom stereocenters. The van der Waals surface area contributed by atoms with Crippen molar-refractivity contribution in [3.63, 3.8) is 0 Å². The van der Waals surface area contributed by atoms with Crippen LogP contribution in [0, 0.1) is 27.4 Å². The number of hydrogen-bond acceptors (Lipinski definition) is 8. The van der Waals surface area contributed by atoms with Gasteiger partial charge in [0.05, 0.1) is 18.5 Å². The molecule has 0 bridgehead atoms. The first-order chi connectivity index (χ1) is 14.1. The number of amides is 2. The summed E-state index contributed by atoms with van der Waals surface area (Å²) in [6, 6.07) is -0.939. The van der Waals surface area contributed by atoms with E-state index < -0.39 is 36.0 Å². The van der Waals surface area contributed by atoms with E-state index in [4.69, 9.17) is 10.1 Å². The number of rotatable bonds is 12. The Morgan fingerprint density at radius 1 is 1.33 bits per heavy atom. The molecule has 0 spiro atoms. The summed E-state index contributed by atoms with van der Waals surface area (Å²) in [6.45, 7) is 4.65. The van der Waals surface area contributed by atoms with Gasteiger partial charge in [-0.25, -0.2) is 10.1 Å². The summed E-state index contributed by atoms with van der Waals surface area (Å²) in [6.07, 6.45) is 1.39. The molecule has 0 radical (unpaired) electrons. The number of ether oxygens (including phenoxy) is 1. The van der Waals surface area contributed by atoms with Crippen molar-refractivity contribution in [2.24, 2.45) is 11.8 Å². The van der Waals surface area contributed by atoms with Gasteiger partial charge < -0.3 is 30.7 Å². The summed E-state index contributed by atoms with van der Waals surface area (Å²) in [4.78, 5) is 35.4. The number of nitro groups is 1. The molecule has 1 saturated heterocycles. The number of guanidine groups is 1. The van der Waals surface area contributed by atoms with Crippen molar-refractivity contribution in [2.45, 2.75) is 51.5 Å². The zero-order valence-electron chi connectivity index (χ0n) is 17.2. The van der Waals surface area contributed by atoms with E-state index in [-0.39, 0.29) is 37.3 Å². The lowest BCUT2D eigenvalue weighted by Crippen LogP contribution is -2.55. The maximum absolute atomic E-state index is 12.7. The van der Waals surface area contributed by atoms with Gasteiger partial charge in [-0.15, -0.1) is 0 Å². The fourth-order valence-electron chi connectivity index (χ4n) is 3.00. The van der Waals surface area contributed by atoms with Crippen molar-refractivity contribution >= 4 is 24.9 Å². The van der Waals surface area contributed by atoms with Crippen molar-refractivity contribution in [3.05, 3.63) is 10.1 Å². The lowest BCUT2D eigenvalue weighted by Gasteiger charge is -2.25. The molecule has 0 aromatic heterocycles. The zero-order valence-corrected chi connectivity index (χ0v) is 17.2. The van der Waals surface area contributed by atoms with Crippen molar-refractivity contribution in [1.29, 1.82) is 5.41 Å². The van der Waals surface area contributed by atoms with Crippen LogP contribution in [0.4, 0.5) is 0 Å². The summed E-state index contributed by atoms with van der Waals surface area (Å²) < 4.78 is 5.19. The van der Waals surface area contributed by atoms with E-state index in [0.29, 0.717) is 25.9 Å². The standard InChI is InChI=1S/C16H31BN6O7/c1-10(2)8-13(17(26)27)21-15(25)12(20-14(24)11-5-7-30-9-11)4-3-6-19-16(18)22-23(28)29/h10-13,26-27H,3-9H2,1-2H3,(H,20,24)(H,21,25)(H3,18,19,22)/t11?,12-,13-/m0/s1. The third-order valence-electron chi connectivity index (χ3n) is 4.52. The number of carbonyl (C=O) groups excluding carboxylic acids is 2. The zero-order chi connectivity index (χ0) is 22.7. The normalized spacial score (nSPS) is 17.7. The number of hydrazine groups is 1. The van der Waals surface area contributed by atoms with Crippen LogP contribution < -0.4 is 21.4 Å². The van der Waals surface area contributed by atoms with E-state index >= 15 is 0 Å². The molecule has 1 rings (SSSR count). The molecule has 13 nitrogen and oxygen atoms in total. The van der Waals surface area contributed by atoms with Crippen LogP contribution in [0.5, 0.6) is 0 Å². The molecule has 1 unspecified atom stereocenters. The van der Waals surface area contributed by atoms with Gasteiger partial charge in [0.1, 0.15) is 6.04 Å². The van der Waals surface area contributed by atoms with Crippen molar-refractivity contribution < 1.29 is 29.4 Å². The largest absolute Gasteiger partial charge is 0.475 e. The molecular formula is C16H31BN6O7. The average molecular weight is 430 g/mol. The van der Waals surface area contributed by atoms with Gasteiger partial charge in [-0.1, -0.05) is 19.3 Å². The first-order valence-corrected chi connectivity index (χ1v) is 9.88. The Balaban J connectivity index is 2.68. The highest BCUT2D eigenvalue weighted by atomic mass is 16.7. The van der Waals surface area contributed by atoms with Gasteiger partial charge in [0.2, 0.25) is 11.8 Å². The maximum Gasteiger partial charge on any atom is 0.475 e. The van der Waals surface area contributed by atoms with Crippen LogP contribution in [0.15, 0.2) is 0 Å². The molecule has 1 heterocycles. The molecule has 1 aliphatic rings. The van der Waals surface area contributed by atoms with Crippen LogP contribution in [0.25, 0.3) is 0 Å². The Hall–Kier alpha value is -2.45. The minimum Gasteiger partial charge on any atom is -0.426 e. The molecule has 1 fully saturated rings. The second-order valence-corrected chi connectivity index (χ2v) is 7.59. The summed E-state index contributed by atoms with van der Waals surface area (Å²) in [5, 5.41) is 43.6. The predicted molar refractivity (Wildman–Crippen MR) is 108 cm³/mol. The predicted octanol–water partition coefficient (Wildman–Crippen LogP) is -1.86. The van der Waals surface area contributed by atoms with E-state index in [2.05, 4.69) is 16.0 Å². The smallest absolute Gasteiger partial charge is 0.426 e. The molecule has 14 heteroatoms. The molecule has 1 aliphatic heterocycles. The molecular weight excluding hydrogens is 399 g/mol. The summed E-state index contributed by atoms with van der Waals surface area (Å²) in [7, 11) is -1.74. The Bertz CT molecular complexity index is 601. The second-order valence-electron chi connectivity index (χ2n) is 7.59. The summed E-state index contributed by atoms with van der Waals surface area (Å²) in [5.41, 5.74) is 1.66. The molecule has 170 valence electrons. The van der Waals surface area contributed by atoms with Crippen molar-refractivity contribution in [3.8, 4) is 0 Å². The van der Waals surface area contributed by atoms with Gasteiger partial charge >= 0.3 is 7.12 Å². The molecule has 0 aliphatic carbocycles. The summed E-state index contributed by atoms with van der Waals surface area (Å²) >= 11 is 0. The van der Waals surface area contributed by atoms with Crippen LogP contribution in [0.1, 0.15) is 39.5 Å². The Morgan fingerprint density at radius 2 is 2.03 bits per heavy atom. The van der Waals surface area contributed by atoms with E-state index in [1.165, 1.54) is 0 Å². The monoisotopic (exact) mass is 430 g/mol. The minimum absolute atomic E-state index is 0.102. The van der Waals surface area contributed by atoms with Gasteiger partial charge in [0.25, 0.3) is 5.96 Å². The summed E-state index contributed by atoms with van der Waals surface area (Å²) in [5.74, 6) is -2.51. The fourth-order valence-corrected chi connectivity index (χ4v) is 3.00. The van der Waals surface area contributed by atoms with Crippen LogP contribution in [0.2, 0.25) is 0 Å². The van der Waals surface area contributed by atoms with Crippen LogP contribution in [-0.2, 0) is 14.3 Å². The Kier molecular flexibility index (Phi) is 11.1. The number of nitrogens with one attached hydrogen (secondary N) is 5. The molecule has 30 heavy (non-hydrogen) atoms. The van der Waals surface area contributed by atoms with E-state index in [1.54, 1.807) is 5.43 Å². The van der Waals surface area contributed by atoms with Crippen LogP contribution >= 0.6 is 0 Å². The van der Waals surface area contributed by atoms with Gasteiger partial charge in [-0.3, -0.25) is 15.0 Å². The highest BCUT2D eigenvalue weighted by molar-refractivity contribution is 6.43. The van der Waals surface area contributed by atoms with E-state index in [1.807, 2.05) is 13.8 Å². The van der Waals surface area contributed by atoms with Crippen molar-refractivity contribution in [2.75, 3.05) is 19.8 Å². The third kappa shape index (κ3) is 9.85. The van der Waals surface area contributed by atoms with Crippen molar-refractivity contribution in [1.82, 2.24) is 21.4 Å². The first kappa shape index (κ1) is 25.6.